The van der Waals surface area contributed by atoms with Gasteiger partial charge >= 0.3 is 5.97 Å². The SMILES string of the molecule is CCOC(=O)/C=C/[C@H]1OC(C)(C)O[C@H](CCO[Si](c2ccccc2)(c2ccccc2)C(C)(C)C)[C@@H]1C. The van der Waals surface area contributed by atoms with Crippen molar-refractivity contribution in [3.05, 3.63) is 72.8 Å². The molecule has 1 aliphatic heterocycles. The van der Waals surface area contributed by atoms with Crippen LogP contribution in [0, 0.1) is 5.92 Å². The Morgan fingerprint density at radius 3 is 2.06 bits per heavy atom. The Morgan fingerprint density at radius 2 is 1.56 bits per heavy atom. The van der Waals surface area contributed by atoms with E-state index in [1.165, 1.54) is 16.4 Å². The van der Waals surface area contributed by atoms with Gasteiger partial charge in [-0.25, -0.2) is 4.79 Å². The number of carbonyl (C=O) groups excluding carboxylic acids is 1. The number of hydrogen-bond donors (Lipinski definition) is 0. The van der Waals surface area contributed by atoms with Crippen LogP contribution in [0.3, 0.4) is 0 Å². The molecule has 1 heterocycles. The van der Waals surface area contributed by atoms with E-state index in [9.17, 15) is 4.79 Å². The normalized spacial score (nSPS) is 22.5. The molecule has 2 aromatic rings. The van der Waals surface area contributed by atoms with Gasteiger partial charge in [0, 0.05) is 18.6 Å². The Balaban J connectivity index is 1.84. The first-order valence-electron chi connectivity index (χ1n) is 13.0. The largest absolute Gasteiger partial charge is 0.463 e. The molecular formula is C30H42O5Si. The summed E-state index contributed by atoms with van der Waals surface area (Å²) in [6.45, 7) is 15.5. The monoisotopic (exact) mass is 510 g/mol. The first-order chi connectivity index (χ1) is 17.0. The van der Waals surface area contributed by atoms with Crippen molar-refractivity contribution in [3.8, 4) is 0 Å². The zero-order chi connectivity index (χ0) is 26.4. The minimum Gasteiger partial charge on any atom is -0.463 e. The molecule has 1 saturated heterocycles. The van der Waals surface area contributed by atoms with Gasteiger partial charge in [-0.15, -0.1) is 0 Å². The maximum absolute atomic E-state index is 11.9. The fourth-order valence-corrected chi connectivity index (χ4v) is 9.72. The predicted molar refractivity (Wildman–Crippen MR) is 147 cm³/mol. The van der Waals surface area contributed by atoms with Gasteiger partial charge in [0.15, 0.2) is 5.79 Å². The van der Waals surface area contributed by atoms with Gasteiger partial charge in [0.05, 0.1) is 18.8 Å². The Bertz CT molecular complexity index is 958. The Morgan fingerprint density at radius 1 is 1.00 bits per heavy atom. The van der Waals surface area contributed by atoms with Crippen LogP contribution in [0.5, 0.6) is 0 Å². The van der Waals surface area contributed by atoms with E-state index < -0.39 is 14.1 Å². The van der Waals surface area contributed by atoms with Gasteiger partial charge in [-0.3, -0.25) is 0 Å². The quantitative estimate of drug-likeness (QED) is 0.263. The second-order valence-electron chi connectivity index (χ2n) is 10.9. The first kappa shape index (κ1) is 28.3. The Hall–Kier alpha value is -2.25. The van der Waals surface area contributed by atoms with Crippen molar-refractivity contribution in [2.45, 2.75) is 77.9 Å². The Labute approximate surface area is 217 Å². The van der Waals surface area contributed by atoms with Crippen molar-refractivity contribution < 1.29 is 23.4 Å². The topological polar surface area (TPSA) is 54.0 Å². The van der Waals surface area contributed by atoms with Crippen LogP contribution < -0.4 is 10.4 Å². The van der Waals surface area contributed by atoms with Crippen LogP contribution in [0.25, 0.3) is 0 Å². The lowest BCUT2D eigenvalue weighted by atomic mass is 9.93. The van der Waals surface area contributed by atoms with Crippen molar-refractivity contribution >= 4 is 24.7 Å². The summed E-state index contributed by atoms with van der Waals surface area (Å²) in [6.07, 6.45) is 3.65. The predicted octanol–water partition coefficient (Wildman–Crippen LogP) is 5.23. The number of ether oxygens (including phenoxy) is 3. The number of carbonyl (C=O) groups is 1. The molecule has 3 atom stereocenters. The molecule has 0 spiro atoms. The summed E-state index contributed by atoms with van der Waals surface area (Å²) >= 11 is 0. The zero-order valence-electron chi connectivity index (χ0n) is 22.8. The highest BCUT2D eigenvalue weighted by molar-refractivity contribution is 6.99. The Kier molecular flexibility index (Phi) is 9.33. The number of benzene rings is 2. The van der Waals surface area contributed by atoms with Gasteiger partial charge in [0.1, 0.15) is 0 Å². The van der Waals surface area contributed by atoms with Gasteiger partial charge in [-0.1, -0.05) is 88.4 Å². The molecule has 2 aromatic carbocycles. The molecule has 0 aromatic heterocycles. The van der Waals surface area contributed by atoms with Crippen LogP contribution in [0.4, 0.5) is 0 Å². The third-order valence-electron chi connectivity index (χ3n) is 6.81. The van der Waals surface area contributed by atoms with Crippen LogP contribution in [-0.4, -0.2) is 45.5 Å². The molecule has 6 heteroatoms. The van der Waals surface area contributed by atoms with Crippen molar-refractivity contribution in [2.24, 2.45) is 5.92 Å². The minimum atomic E-state index is -2.61. The van der Waals surface area contributed by atoms with Crippen molar-refractivity contribution in [1.29, 1.82) is 0 Å². The van der Waals surface area contributed by atoms with Crippen molar-refractivity contribution in [3.63, 3.8) is 0 Å². The average molecular weight is 511 g/mol. The van der Waals surface area contributed by atoms with Gasteiger partial charge in [-0.05, 0) is 48.7 Å². The molecule has 196 valence electrons. The highest BCUT2D eigenvalue weighted by atomic mass is 28.4. The van der Waals surface area contributed by atoms with E-state index >= 15 is 0 Å². The van der Waals surface area contributed by atoms with E-state index in [1.807, 2.05) is 13.8 Å². The summed E-state index contributed by atoms with van der Waals surface area (Å²) in [4.78, 5) is 11.9. The molecule has 0 aliphatic carbocycles. The third-order valence-corrected chi connectivity index (χ3v) is 11.8. The molecule has 0 amide bonds. The lowest BCUT2D eigenvalue weighted by Gasteiger charge is -2.46. The molecule has 5 nitrogen and oxygen atoms in total. The molecule has 0 N–H and O–H groups in total. The van der Waals surface area contributed by atoms with Crippen molar-refractivity contribution in [1.82, 2.24) is 0 Å². The first-order valence-corrected chi connectivity index (χ1v) is 14.9. The summed E-state index contributed by atoms with van der Waals surface area (Å²) < 4.78 is 24.6. The minimum absolute atomic E-state index is 0.0476. The summed E-state index contributed by atoms with van der Waals surface area (Å²) in [5.74, 6) is -1.08. The molecule has 0 radical (unpaired) electrons. The summed E-state index contributed by atoms with van der Waals surface area (Å²) in [5.41, 5.74) is 0. The standard InChI is InChI=1S/C30H42O5Si/c1-8-32-28(31)20-19-26-23(2)27(35-30(6,7)34-26)21-22-33-36(29(3,4)5,24-15-11-9-12-16-24)25-17-13-10-14-18-25/h9-20,23,26-27H,8,21-22H2,1-7H3/b20-19+/t23-,26-,27-/m1/s1. The third kappa shape index (κ3) is 6.54. The van der Waals surface area contributed by atoms with Gasteiger partial charge < -0.3 is 18.6 Å². The molecule has 0 bridgehead atoms. The molecule has 0 saturated carbocycles. The van der Waals surface area contributed by atoms with Gasteiger partial charge in [-0.2, -0.15) is 0 Å². The summed E-state index contributed by atoms with van der Waals surface area (Å²) in [5, 5.41) is 2.45. The highest BCUT2D eigenvalue weighted by Crippen LogP contribution is 2.38. The molecule has 1 aliphatic rings. The van der Waals surface area contributed by atoms with Crippen LogP contribution in [0.1, 0.15) is 54.9 Å². The maximum Gasteiger partial charge on any atom is 0.330 e. The van der Waals surface area contributed by atoms with Gasteiger partial charge in [0.25, 0.3) is 8.32 Å². The van der Waals surface area contributed by atoms with E-state index in [0.717, 1.165) is 6.42 Å². The number of hydrogen-bond acceptors (Lipinski definition) is 5. The number of rotatable bonds is 9. The summed E-state index contributed by atoms with van der Waals surface area (Å²) in [6, 6.07) is 21.3. The molecule has 1 fully saturated rings. The average Bonchev–Trinajstić information content (AvgIpc) is 2.83. The van der Waals surface area contributed by atoms with E-state index in [0.29, 0.717) is 13.2 Å². The van der Waals surface area contributed by atoms with Crippen LogP contribution in [0.2, 0.25) is 5.04 Å². The second-order valence-corrected chi connectivity index (χ2v) is 15.2. The van der Waals surface area contributed by atoms with Gasteiger partial charge in [0.2, 0.25) is 0 Å². The molecule has 0 unspecified atom stereocenters. The van der Waals surface area contributed by atoms with Crippen LogP contribution in [-0.2, 0) is 23.4 Å². The summed E-state index contributed by atoms with van der Waals surface area (Å²) in [7, 11) is -2.61. The van der Waals surface area contributed by atoms with Crippen LogP contribution >= 0.6 is 0 Å². The number of esters is 1. The second kappa shape index (κ2) is 11.9. The maximum atomic E-state index is 11.9. The zero-order valence-corrected chi connectivity index (χ0v) is 23.8. The molecule has 3 rings (SSSR count). The van der Waals surface area contributed by atoms with E-state index in [1.54, 1.807) is 13.0 Å². The van der Waals surface area contributed by atoms with Crippen molar-refractivity contribution in [2.75, 3.05) is 13.2 Å². The molecular weight excluding hydrogens is 468 g/mol. The van der Waals surface area contributed by atoms with E-state index in [-0.39, 0.29) is 29.1 Å². The van der Waals surface area contributed by atoms with E-state index in [4.69, 9.17) is 18.6 Å². The fourth-order valence-electron chi connectivity index (χ4n) is 5.14. The van der Waals surface area contributed by atoms with Crippen LogP contribution in [0.15, 0.2) is 72.8 Å². The molecule has 36 heavy (non-hydrogen) atoms. The smallest absolute Gasteiger partial charge is 0.330 e. The highest BCUT2D eigenvalue weighted by Gasteiger charge is 2.50. The van der Waals surface area contributed by atoms with E-state index in [2.05, 4.69) is 88.4 Å². The lowest BCUT2D eigenvalue weighted by Crippen LogP contribution is -2.66. The lowest BCUT2D eigenvalue weighted by molar-refractivity contribution is -0.310. The fraction of sp³-hybridized carbons (Fsp3) is 0.500.